The number of hydrogen-bond acceptors (Lipinski definition) is 5. The number of nitrogens with one attached hydrogen (secondary N) is 1. The van der Waals surface area contributed by atoms with Crippen molar-refractivity contribution in [3.05, 3.63) is 52.9 Å². The molecule has 0 aromatic heterocycles. The molecule has 0 fully saturated rings. The molecular formula is C16H18NO7P. The maximum atomic E-state index is 12.4. The summed E-state index contributed by atoms with van der Waals surface area (Å²) in [6, 6.07) is 6.50. The maximum Gasteiger partial charge on any atom is 0.427 e. The number of carbonyl (C=O) groups excluding carboxylic acids is 2. The van der Waals surface area contributed by atoms with E-state index in [9.17, 15) is 24.4 Å². The van der Waals surface area contributed by atoms with Crippen LogP contribution in [0.1, 0.15) is 24.8 Å². The van der Waals surface area contributed by atoms with Gasteiger partial charge in [-0.15, -0.1) is 0 Å². The fourth-order valence-electron chi connectivity index (χ4n) is 2.52. The molecule has 5 N–H and O–H groups in total. The minimum Gasteiger partial charge on any atom is -0.508 e. The summed E-state index contributed by atoms with van der Waals surface area (Å²) >= 11 is 0. The summed E-state index contributed by atoms with van der Waals surface area (Å²) < 4.78 is 11.1. The number of phenolic OH excluding ortho intramolecular Hbond substituents is 1. The molecule has 0 saturated carbocycles. The molecular weight excluding hydrogens is 349 g/mol. The minimum absolute atomic E-state index is 0.0225. The zero-order valence-electron chi connectivity index (χ0n) is 13.2. The Bertz CT molecular complexity index is 789. The summed E-state index contributed by atoms with van der Waals surface area (Å²) in [5.74, 6) is -1.54. The summed E-state index contributed by atoms with van der Waals surface area (Å²) in [7, 11) is -4.72. The third-order valence-corrected chi connectivity index (χ3v) is 4.13. The Balaban J connectivity index is 2.09. The van der Waals surface area contributed by atoms with Crippen molar-refractivity contribution in [3.63, 3.8) is 0 Å². The fourth-order valence-corrected chi connectivity index (χ4v) is 3.06. The SMILES string of the molecule is O=C1C=C(O)C(C(=O)CCCc2ccc(O)cc2)=C(NP(=O)(O)O)C1. The summed E-state index contributed by atoms with van der Waals surface area (Å²) in [5.41, 5.74) is 0.369. The predicted octanol–water partition coefficient (Wildman–Crippen LogP) is 1.64. The van der Waals surface area contributed by atoms with Crippen molar-refractivity contribution >= 4 is 19.3 Å². The van der Waals surface area contributed by atoms with Crippen LogP contribution in [0.4, 0.5) is 0 Å². The van der Waals surface area contributed by atoms with Crippen LogP contribution in [0.15, 0.2) is 47.4 Å². The molecule has 0 unspecified atom stereocenters. The first-order chi connectivity index (χ1) is 11.7. The zero-order chi connectivity index (χ0) is 18.6. The van der Waals surface area contributed by atoms with Crippen molar-refractivity contribution in [2.24, 2.45) is 0 Å². The van der Waals surface area contributed by atoms with E-state index in [0.29, 0.717) is 12.8 Å². The van der Waals surface area contributed by atoms with Crippen molar-refractivity contribution in [1.29, 1.82) is 0 Å². The van der Waals surface area contributed by atoms with Crippen LogP contribution in [0.3, 0.4) is 0 Å². The minimum atomic E-state index is -4.72. The van der Waals surface area contributed by atoms with Gasteiger partial charge in [-0.1, -0.05) is 12.1 Å². The molecule has 25 heavy (non-hydrogen) atoms. The lowest BCUT2D eigenvalue weighted by Crippen LogP contribution is -2.23. The van der Waals surface area contributed by atoms with E-state index in [4.69, 9.17) is 9.79 Å². The molecule has 8 nitrogen and oxygen atoms in total. The van der Waals surface area contributed by atoms with Crippen LogP contribution < -0.4 is 5.09 Å². The molecule has 0 bridgehead atoms. The first-order valence-corrected chi connectivity index (χ1v) is 9.09. The van der Waals surface area contributed by atoms with Crippen molar-refractivity contribution in [2.75, 3.05) is 0 Å². The number of carbonyl (C=O) groups is 2. The number of allylic oxidation sites excluding steroid dienone is 3. The number of hydrogen-bond donors (Lipinski definition) is 5. The van der Waals surface area contributed by atoms with E-state index in [1.807, 2.05) is 5.09 Å². The summed E-state index contributed by atoms with van der Waals surface area (Å²) in [5, 5.41) is 20.9. The smallest absolute Gasteiger partial charge is 0.427 e. The molecule has 0 heterocycles. The highest BCUT2D eigenvalue weighted by molar-refractivity contribution is 7.49. The van der Waals surface area contributed by atoms with Gasteiger partial charge in [0.05, 0.1) is 12.0 Å². The van der Waals surface area contributed by atoms with E-state index >= 15 is 0 Å². The van der Waals surface area contributed by atoms with Crippen LogP contribution in [0.25, 0.3) is 0 Å². The van der Waals surface area contributed by atoms with Crippen LogP contribution in [0, 0.1) is 0 Å². The molecule has 0 amide bonds. The van der Waals surface area contributed by atoms with Gasteiger partial charge < -0.3 is 20.0 Å². The number of benzene rings is 1. The zero-order valence-corrected chi connectivity index (χ0v) is 14.1. The number of aromatic hydroxyl groups is 1. The highest BCUT2D eigenvalue weighted by atomic mass is 31.2. The fraction of sp³-hybridized carbons (Fsp3) is 0.250. The molecule has 0 spiro atoms. The number of ketones is 2. The Kier molecular flexibility index (Phi) is 5.79. The Hall–Kier alpha value is -2.41. The average Bonchev–Trinajstić information content (AvgIpc) is 2.46. The summed E-state index contributed by atoms with van der Waals surface area (Å²) in [4.78, 5) is 41.8. The van der Waals surface area contributed by atoms with E-state index in [-0.39, 0.29) is 23.4 Å². The van der Waals surface area contributed by atoms with E-state index in [0.717, 1.165) is 11.6 Å². The van der Waals surface area contributed by atoms with Crippen LogP contribution in [-0.4, -0.2) is 31.6 Å². The largest absolute Gasteiger partial charge is 0.508 e. The quantitative estimate of drug-likeness (QED) is 0.458. The van der Waals surface area contributed by atoms with E-state index in [1.165, 1.54) is 12.1 Å². The summed E-state index contributed by atoms with van der Waals surface area (Å²) in [6.07, 6.45) is 1.47. The molecule has 9 heteroatoms. The van der Waals surface area contributed by atoms with Crippen molar-refractivity contribution in [1.82, 2.24) is 5.09 Å². The number of phenols is 1. The van der Waals surface area contributed by atoms with Gasteiger partial charge in [0.25, 0.3) is 0 Å². The van der Waals surface area contributed by atoms with Crippen LogP contribution >= 0.6 is 7.75 Å². The first-order valence-electron chi connectivity index (χ1n) is 7.47. The van der Waals surface area contributed by atoms with E-state index in [1.54, 1.807) is 12.1 Å². The number of aliphatic hydroxyl groups excluding tert-OH is 1. The monoisotopic (exact) mass is 367 g/mol. The highest BCUT2D eigenvalue weighted by Crippen LogP contribution is 2.34. The van der Waals surface area contributed by atoms with Crippen LogP contribution in [0.5, 0.6) is 5.75 Å². The molecule has 1 aliphatic carbocycles. The van der Waals surface area contributed by atoms with Gasteiger partial charge in [0.2, 0.25) is 0 Å². The van der Waals surface area contributed by atoms with Crippen molar-refractivity contribution in [2.45, 2.75) is 25.7 Å². The number of aliphatic hydroxyl groups is 1. The lowest BCUT2D eigenvalue weighted by molar-refractivity contribution is -0.115. The Morgan fingerprint density at radius 1 is 1.16 bits per heavy atom. The van der Waals surface area contributed by atoms with Gasteiger partial charge in [0, 0.05) is 18.2 Å². The molecule has 134 valence electrons. The Morgan fingerprint density at radius 2 is 1.80 bits per heavy atom. The average molecular weight is 367 g/mol. The molecule has 0 atom stereocenters. The van der Waals surface area contributed by atoms with Gasteiger partial charge in [0.15, 0.2) is 11.6 Å². The van der Waals surface area contributed by atoms with Gasteiger partial charge in [-0.2, -0.15) is 0 Å². The normalized spacial score (nSPS) is 15.1. The topological polar surface area (TPSA) is 144 Å². The number of rotatable bonds is 7. The second-order valence-corrected chi connectivity index (χ2v) is 6.94. The third-order valence-electron chi connectivity index (χ3n) is 3.57. The lowest BCUT2D eigenvalue weighted by Gasteiger charge is -2.19. The van der Waals surface area contributed by atoms with Gasteiger partial charge in [-0.25, -0.2) is 4.57 Å². The second-order valence-electron chi connectivity index (χ2n) is 5.63. The molecule has 1 aromatic carbocycles. The molecule has 1 aromatic rings. The Labute approximate surface area is 143 Å². The first kappa shape index (κ1) is 18.9. The Morgan fingerprint density at radius 3 is 2.40 bits per heavy atom. The van der Waals surface area contributed by atoms with Crippen LogP contribution in [-0.2, 0) is 20.6 Å². The van der Waals surface area contributed by atoms with Gasteiger partial charge in [-0.3, -0.25) is 14.7 Å². The number of Topliss-reactive ketones (excluding diaryl/α,β-unsaturated/α-hetero) is 1. The van der Waals surface area contributed by atoms with Crippen molar-refractivity contribution < 1.29 is 34.2 Å². The molecule has 0 saturated heterocycles. The standard InChI is InChI=1S/C16H18NO7P/c18-11-6-4-10(5-7-11)2-1-3-14(20)16-13(17-25(22,23)24)8-12(19)9-15(16)21/h4-7,9,18,21H,1-3,8H2,(H3,17,22,23,24). The predicted molar refractivity (Wildman–Crippen MR) is 88.6 cm³/mol. The molecule has 0 radical (unpaired) electrons. The van der Waals surface area contributed by atoms with Crippen LogP contribution in [0.2, 0.25) is 0 Å². The maximum absolute atomic E-state index is 12.4. The molecule has 1 aliphatic rings. The number of aryl methyl sites for hydroxylation is 1. The molecule has 0 aliphatic heterocycles. The van der Waals surface area contributed by atoms with Gasteiger partial charge in [0.1, 0.15) is 11.5 Å². The van der Waals surface area contributed by atoms with Gasteiger partial charge >= 0.3 is 7.75 Å². The second kappa shape index (κ2) is 7.65. The van der Waals surface area contributed by atoms with E-state index in [2.05, 4.69) is 0 Å². The lowest BCUT2D eigenvalue weighted by atomic mass is 9.94. The third kappa shape index (κ3) is 5.56. The van der Waals surface area contributed by atoms with E-state index < -0.39 is 31.5 Å². The highest BCUT2D eigenvalue weighted by Gasteiger charge is 2.28. The molecule has 2 rings (SSSR count). The van der Waals surface area contributed by atoms with Crippen molar-refractivity contribution in [3.8, 4) is 5.75 Å². The van der Waals surface area contributed by atoms with Gasteiger partial charge in [-0.05, 0) is 30.5 Å². The summed E-state index contributed by atoms with van der Waals surface area (Å²) in [6.45, 7) is 0.